The van der Waals surface area contributed by atoms with Gasteiger partial charge in [-0.05, 0) is 51.4 Å². The van der Waals surface area contributed by atoms with Gasteiger partial charge >= 0.3 is 5.97 Å². The van der Waals surface area contributed by atoms with E-state index in [4.69, 9.17) is 4.74 Å². The molecule has 0 saturated heterocycles. The van der Waals surface area contributed by atoms with Crippen molar-refractivity contribution in [2.45, 2.75) is 296 Å². The third-order valence-electron chi connectivity index (χ3n) is 12.1. The monoisotopic (exact) mass is 820 g/mol. The van der Waals surface area contributed by atoms with Crippen LogP contribution in [0.15, 0.2) is 12.2 Å². The van der Waals surface area contributed by atoms with E-state index in [1.165, 1.54) is 212 Å². The summed E-state index contributed by atoms with van der Waals surface area (Å²) >= 11 is 0. The predicted molar refractivity (Wildman–Crippen MR) is 250 cm³/mol. The highest BCUT2D eigenvalue weighted by atomic mass is 16.5. The Hall–Kier alpha value is -1.40. The lowest BCUT2D eigenvalue weighted by Gasteiger charge is -2.22. The standard InChI is InChI=1S/C52H101NO5/c1-3-5-7-9-11-13-25-30-34-38-42-46-52(57)58-47-43-39-35-31-27-24-22-20-18-16-15-17-19-21-23-26-29-33-37-41-45-51(56)53-49(48-54)50(55)44-40-36-32-28-14-12-10-8-6-4-2/h15,17,49-50,54-55H,3-14,16,18-48H2,1-2H3,(H,53,56)/b17-15-. The first-order valence-corrected chi connectivity index (χ1v) is 25.9. The number of rotatable bonds is 48. The number of hydrogen-bond acceptors (Lipinski definition) is 5. The zero-order valence-electron chi connectivity index (χ0n) is 39.0. The van der Waals surface area contributed by atoms with Gasteiger partial charge in [-0.2, -0.15) is 0 Å². The van der Waals surface area contributed by atoms with Crippen molar-refractivity contribution in [2.75, 3.05) is 13.2 Å². The van der Waals surface area contributed by atoms with Gasteiger partial charge < -0.3 is 20.3 Å². The molecule has 0 heterocycles. The van der Waals surface area contributed by atoms with Crippen LogP contribution in [0.4, 0.5) is 0 Å². The van der Waals surface area contributed by atoms with Gasteiger partial charge in [-0.1, -0.05) is 231 Å². The summed E-state index contributed by atoms with van der Waals surface area (Å²) in [4.78, 5) is 24.4. The van der Waals surface area contributed by atoms with Crippen LogP contribution in [0, 0.1) is 0 Å². The molecule has 0 bridgehead atoms. The Morgan fingerprint density at radius 1 is 0.466 bits per heavy atom. The first-order valence-electron chi connectivity index (χ1n) is 25.9. The molecule has 0 aliphatic heterocycles. The molecule has 1 amide bonds. The third kappa shape index (κ3) is 44.2. The molecule has 0 aromatic rings. The summed E-state index contributed by atoms with van der Waals surface area (Å²) in [5.74, 6) is -0.0392. The van der Waals surface area contributed by atoms with Crippen molar-refractivity contribution >= 4 is 11.9 Å². The summed E-state index contributed by atoms with van der Waals surface area (Å²) in [5, 5.41) is 23.1. The van der Waals surface area contributed by atoms with Gasteiger partial charge in [-0.25, -0.2) is 0 Å². The van der Waals surface area contributed by atoms with E-state index in [1.807, 2.05) is 0 Å². The molecule has 58 heavy (non-hydrogen) atoms. The van der Waals surface area contributed by atoms with Gasteiger partial charge in [0.2, 0.25) is 5.91 Å². The molecule has 344 valence electrons. The Morgan fingerprint density at radius 3 is 1.22 bits per heavy atom. The van der Waals surface area contributed by atoms with Crippen LogP contribution in [-0.2, 0) is 14.3 Å². The van der Waals surface area contributed by atoms with Crippen molar-refractivity contribution in [1.29, 1.82) is 0 Å². The molecule has 3 N–H and O–H groups in total. The quantitative estimate of drug-likeness (QED) is 0.0323. The van der Waals surface area contributed by atoms with E-state index < -0.39 is 12.1 Å². The second-order valence-corrected chi connectivity index (χ2v) is 17.9. The molecule has 0 aliphatic carbocycles. The molecule has 0 aromatic carbocycles. The first-order chi connectivity index (χ1) is 28.5. The van der Waals surface area contributed by atoms with Crippen LogP contribution in [0.2, 0.25) is 0 Å². The summed E-state index contributed by atoms with van der Waals surface area (Å²) in [6.45, 7) is 4.93. The molecule has 0 saturated carbocycles. The first kappa shape index (κ1) is 56.6. The molecule has 6 nitrogen and oxygen atoms in total. The minimum Gasteiger partial charge on any atom is -0.466 e. The Labute approximate surface area is 361 Å². The van der Waals surface area contributed by atoms with E-state index in [-0.39, 0.29) is 18.5 Å². The lowest BCUT2D eigenvalue weighted by atomic mass is 10.0. The van der Waals surface area contributed by atoms with E-state index in [2.05, 4.69) is 31.3 Å². The van der Waals surface area contributed by atoms with Gasteiger partial charge in [-0.15, -0.1) is 0 Å². The Morgan fingerprint density at radius 2 is 0.810 bits per heavy atom. The second kappa shape index (κ2) is 48.3. The average molecular weight is 820 g/mol. The fourth-order valence-corrected chi connectivity index (χ4v) is 8.05. The van der Waals surface area contributed by atoms with Gasteiger partial charge in [0, 0.05) is 12.8 Å². The van der Waals surface area contributed by atoms with Gasteiger partial charge in [0.1, 0.15) is 0 Å². The molecule has 0 spiro atoms. The lowest BCUT2D eigenvalue weighted by Crippen LogP contribution is -2.45. The van der Waals surface area contributed by atoms with E-state index in [1.54, 1.807) is 0 Å². The van der Waals surface area contributed by atoms with Gasteiger partial charge in [0.05, 0.1) is 25.4 Å². The highest BCUT2D eigenvalue weighted by Gasteiger charge is 2.20. The van der Waals surface area contributed by atoms with E-state index in [0.29, 0.717) is 25.9 Å². The van der Waals surface area contributed by atoms with Crippen molar-refractivity contribution < 1.29 is 24.5 Å². The lowest BCUT2D eigenvalue weighted by molar-refractivity contribution is -0.143. The maximum Gasteiger partial charge on any atom is 0.305 e. The molecule has 6 heteroatoms. The molecule has 0 aromatic heterocycles. The van der Waals surface area contributed by atoms with Crippen LogP contribution in [0.3, 0.4) is 0 Å². The molecule has 2 atom stereocenters. The molecule has 0 fully saturated rings. The number of amides is 1. The Kier molecular flexibility index (Phi) is 47.1. The minimum absolute atomic E-state index is 0.00578. The number of unbranched alkanes of at least 4 members (excludes halogenated alkanes) is 35. The Bertz CT molecular complexity index is 863. The van der Waals surface area contributed by atoms with Crippen LogP contribution >= 0.6 is 0 Å². The van der Waals surface area contributed by atoms with Crippen molar-refractivity contribution in [1.82, 2.24) is 5.32 Å². The number of ether oxygens (including phenoxy) is 1. The minimum atomic E-state index is -0.666. The maximum atomic E-state index is 12.4. The second-order valence-electron chi connectivity index (χ2n) is 17.9. The van der Waals surface area contributed by atoms with E-state index in [9.17, 15) is 19.8 Å². The van der Waals surface area contributed by atoms with Gasteiger partial charge in [0.25, 0.3) is 0 Å². The van der Waals surface area contributed by atoms with Crippen molar-refractivity contribution in [3.8, 4) is 0 Å². The largest absolute Gasteiger partial charge is 0.466 e. The van der Waals surface area contributed by atoms with Crippen LogP contribution in [0.1, 0.15) is 284 Å². The van der Waals surface area contributed by atoms with Crippen LogP contribution in [0.25, 0.3) is 0 Å². The van der Waals surface area contributed by atoms with Crippen LogP contribution in [0.5, 0.6) is 0 Å². The predicted octanol–water partition coefficient (Wildman–Crippen LogP) is 15.3. The van der Waals surface area contributed by atoms with Crippen molar-refractivity contribution in [3.05, 3.63) is 12.2 Å². The molecule has 2 unspecified atom stereocenters. The number of esters is 1. The van der Waals surface area contributed by atoms with Crippen molar-refractivity contribution in [2.24, 2.45) is 0 Å². The number of carbonyl (C=O) groups excluding carboxylic acids is 2. The summed E-state index contributed by atoms with van der Waals surface area (Å²) in [5.41, 5.74) is 0. The molecular formula is C52H101NO5. The smallest absolute Gasteiger partial charge is 0.305 e. The molecular weight excluding hydrogens is 719 g/mol. The highest BCUT2D eigenvalue weighted by molar-refractivity contribution is 5.76. The van der Waals surface area contributed by atoms with E-state index in [0.717, 1.165) is 38.5 Å². The van der Waals surface area contributed by atoms with Gasteiger partial charge in [0.15, 0.2) is 0 Å². The number of carbonyl (C=O) groups is 2. The van der Waals surface area contributed by atoms with Crippen LogP contribution < -0.4 is 5.32 Å². The summed E-state index contributed by atoms with van der Waals surface area (Å²) in [6.07, 6.45) is 54.8. The number of nitrogens with one attached hydrogen (secondary N) is 1. The molecule has 0 radical (unpaired) electrons. The number of aliphatic hydroxyl groups excluding tert-OH is 2. The summed E-state index contributed by atoms with van der Waals surface area (Å²) in [6, 6.07) is -0.545. The fraction of sp³-hybridized carbons (Fsp3) is 0.923. The van der Waals surface area contributed by atoms with Crippen LogP contribution in [-0.4, -0.2) is 47.4 Å². The number of hydrogen-bond donors (Lipinski definition) is 3. The fourth-order valence-electron chi connectivity index (χ4n) is 8.05. The van der Waals surface area contributed by atoms with E-state index >= 15 is 0 Å². The maximum absolute atomic E-state index is 12.4. The molecule has 0 aliphatic rings. The van der Waals surface area contributed by atoms with Crippen molar-refractivity contribution in [3.63, 3.8) is 0 Å². The van der Waals surface area contributed by atoms with Gasteiger partial charge in [-0.3, -0.25) is 9.59 Å². The zero-order chi connectivity index (χ0) is 42.3. The normalized spacial score (nSPS) is 12.7. The SMILES string of the molecule is CCCCCCCCCCCCCC(=O)OCCCCCCCCCCC/C=C\CCCCCCCCCC(=O)NC(CO)C(O)CCCCCCCCCCCC. The number of aliphatic hydroxyl groups is 2. The zero-order valence-corrected chi connectivity index (χ0v) is 39.0. The Balaban J connectivity index is 3.41. The highest BCUT2D eigenvalue weighted by Crippen LogP contribution is 2.16. The summed E-state index contributed by atoms with van der Waals surface area (Å²) in [7, 11) is 0. The topological polar surface area (TPSA) is 95.9 Å². The molecule has 0 rings (SSSR count). The summed E-state index contributed by atoms with van der Waals surface area (Å²) < 4.78 is 5.45. The average Bonchev–Trinajstić information content (AvgIpc) is 3.22. The third-order valence-corrected chi connectivity index (χ3v) is 12.1. The number of allylic oxidation sites excluding steroid dienone is 2.